The fourth-order valence-corrected chi connectivity index (χ4v) is 2.43. The molecule has 0 spiro atoms. The quantitative estimate of drug-likeness (QED) is 0.605. The first-order valence-electron chi connectivity index (χ1n) is 5.93. The second-order valence-corrected chi connectivity index (χ2v) is 5.21. The average molecular weight is 211 g/mol. The zero-order chi connectivity index (χ0) is 11.3. The van der Waals surface area contributed by atoms with Crippen molar-refractivity contribution in [1.82, 2.24) is 9.80 Å². The molecular formula is C12H25N3. The van der Waals surface area contributed by atoms with Crippen LogP contribution in [-0.2, 0) is 0 Å². The third-order valence-electron chi connectivity index (χ3n) is 2.90. The average Bonchev–Trinajstić information content (AvgIpc) is 2.54. The van der Waals surface area contributed by atoms with Crippen molar-refractivity contribution in [3.8, 4) is 0 Å². The SMILES string of the molecule is CC1CC(C)CN(C)C1.CN1CC=NC1. The van der Waals surface area contributed by atoms with Crippen molar-refractivity contribution >= 4 is 6.21 Å². The first-order valence-corrected chi connectivity index (χ1v) is 5.93. The topological polar surface area (TPSA) is 18.8 Å². The van der Waals surface area contributed by atoms with Gasteiger partial charge in [-0.2, -0.15) is 0 Å². The number of hydrogen-bond donors (Lipinski definition) is 0. The third kappa shape index (κ3) is 5.28. The summed E-state index contributed by atoms with van der Waals surface area (Å²) in [6, 6.07) is 0. The zero-order valence-corrected chi connectivity index (χ0v) is 10.6. The highest BCUT2D eigenvalue weighted by molar-refractivity contribution is 5.61. The number of likely N-dealkylation sites (tertiary alicyclic amines) is 1. The van der Waals surface area contributed by atoms with Gasteiger partial charge in [0.15, 0.2) is 0 Å². The Morgan fingerprint density at radius 1 is 1.07 bits per heavy atom. The fraction of sp³-hybridized carbons (Fsp3) is 0.917. The second kappa shape index (κ2) is 6.23. The Morgan fingerprint density at radius 3 is 1.93 bits per heavy atom. The Labute approximate surface area is 94.2 Å². The van der Waals surface area contributed by atoms with Crippen LogP contribution >= 0.6 is 0 Å². The summed E-state index contributed by atoms with van der Waals surface area (Å²) in [6.45, 7) is 9.19. The van der Waals surface area contributed by atoms with Crippen molar-refractivity contribution in [2.75, 3.05) is 40.4 Å². The molecule has 1 saturated heterocycles. The Morgan fingerprint density at radius 2 is 1.67 bits per heavy atom. The molecule has 0 saturated carbocycles. The molecule has 0 aromatic carbocycles. The van der Waals surface area contributed by atoms with Crippen molar-refractivity contribution in [1.29, 1.82) is 0 Å². The van der Waals surface area contributed by atoms with Crippen LogP contribution in [0.5, 0.6) is 0 Å². The number of aliphatic imine (C=N–C) groups is 1. The van der Waals surface area contributed by atoms with E-state index >= 15 is 0 Å². The second-order valence-electron chi connectivity index (χ2n) is 5.21. The van der Waals surface area contributed by atoms with E-state index in [0.29, 0.717) is 0 Å². The van der Waals surface area contributed by atoms with E-state index in [1.165, 1.54) is 19.5 Å². The van der Waals surface area contributed by atoms with Crippen LogP contribution in [0.25, 0.3) is 0 Å². The number of rotatable bonds is 0. The summed E-state index contributed by atoms with van der Waals surface area (Å²) in [5, 5.41) is 0. The van der Waals surface area contributed by atoms with Gasteiger partial charge in [0.2, 0.25) is 0 Å². The van der Waals surface area contributed by atoms with Crippen molar-refractivity contribution in [2.24, 2.45) is 16.8 Å². The lowest BCUT2D eigenvalue weighted by atomic mass is 9.92. The van der Waals surface area contributed by atoms with Gasteiger partial charge in [-0.05, 0) is 32.4 Å². The number of piperidine rings is 1. The molecule has 2 aliphatic rings. The molecule has 0 aromatic rings. The monoisotopic (exact) mass is 211 g/mol. The number of hydrogen-bond acceptors (Lipinski definition) is 3. The molecule has 0 N–H and O–H groups in total. The van der Waals surface area contributed by atoms with Crippen molar-refractivity contribution < 1.29 is 0 Å². The molecule has 88 valence electrons. The molecule has 15 heavy (non-hydrogen) atoms. The lowest BCUT2D eigenvalue weighted by molar-refractivity contribution is 0.171. The minimum Gasteiger partial charge on any atom is -0.306 e. The smallest absolute Gasteiger partial charge is 0.0906 e. The summed E-state index contributed by atoms with van der Waals surface area (Å²) >= 11 is 0. The zero-order valence-electron chi connectivity index (χ0n) is 10.6. The molecule has 1 fully saturated rings. The van der Waals surface area contributed by atoms with Crippen LogP contribution in [0.15, 0.2) is 4.99 Å². The molecule has 0 aliphatic carbocycles. The van der Waals surface area contributed by atoms with Crippen LogP contribution < -0.4 is 0 Å². The molecule has 3 nitrogen and oxygen atoms in total. The van der Waals surface area contributed by atoms with Crippen LogP contribution in [0.2, 0.25) is 0 Å². The molecular weight excluding hydrogens is 186 g/mol. The van der Waals surface area contributed by atoms with E-state index in [4.69, 9.17) is 0 Å². The Kier molecular flexibility index (Phi) is 5.26. The van der Waals surface area contributed by atoms with Gasteiger partial charge in [-0.15, -0.1) is 0 Å². The molecule has 0 bridgehead atoms. The van der Waals surface area contributed by atoms with Crippen molar-refractivity contribution in [3.05, 3.63) is 0 Å². The number of nitrogens with zero attached hydrogens (tertiary/aromatic N) is 3. The summed E-state index contributed by atoms with van der Waals surface area (Å²) in [6.07, 6.45) is 3.35. The highest BCUT2D eigenvalue weighted by atomic mass is 15.2. The van der Waals surface area contributed by atoms with Gasteiger partial charge in [0.1, 0.15) is 0 Å². The summed E-state index contributed by atoms with van der Waals surface area (Å²) in [7, 11) is 4.26. The van der Waals surface area contributed by atoms with E-state index in [0.717, 1.165) is 25.0 Å². The van der Waals surface area contributed by atoms with E-state index in [1.54, 1.807) is 0 Å². The van der Waals surface area contributed by atoms with Gasteiger partial charge in [0, 0.05) is 25.8 Å². The normalized spacial score (nSPS) is 32.5. The van der Waals surface area contributed by atoms with Crippen molar-refractivity contribution in [3.63, 3.8) is 0 Å². The first-order chi connectivity index (χ1) is 7.08. The first kappa shape index (κ1) is 12.7. The highest BCUT2D eigenvalue weighted by Gasteiger charge is 2.17. The molecule has 0 aromatic heterocycles. The fourth-order valence-electron chi connectivity index (χ4n) is 2.43. The Bertz CT molecular complexity index is 170. The van der Waals surface area contributed by atoms with Crippen LogP contribution in [0, 0.1) is 11.8 Å². The maximum absolute atomic E-state index is 3.97. The van der Waals surface area contributed by atoms with Crippen LogP contribution in [0.1, 0.15) is 20.3 Å². The van der Waals surface area contributed by atoms with Gasteiger partial charge >= 0.3 is 0 Å². The van der Waals surface area contributed by atoms with E-state index in [2.05, 4.69) is 35.7 Å². The summed E-state index contributed by atoms with van der Waals surface area (Å²) < 4.78 is 0. The van der Waals surface area contributed by atoms with E-state index in [-0.39, 0.29) is 0 Å². The summed E-state index contributed by atoms with van der Waals surface area (Å²) in [5.74, 6) is 1.83. The largest absolute Gasteiger partial charge is 0.306 e. The van der Waals surface area contributed by atoms with E-state index < -0.39 is 0 Å². The summed E-state index contributed by atoms with van der Waals surface area (Å²) in [4.78, 5) is 8.53. The van der Waals surface area contributed by atoms with E-state index in [1.807, 2.05) is 13.3 Å². The molecule has 3 heteroatoms. The standard InChI is InChI=1S/C8H17N.C4H8N2/c1-7-4-8(2)6-9(3)5-7;1-6-3-2-5-4-6/h7-8H,4-6H2,1-3H3;2H,3-4H2,1H3. The van der Waals surface area contributed by atoms with Gasteiger partial charge in [0.25, 0.3) is 0 Å². The molecule has 2 heterocycles. The maximum Gasteiger partial charge on any atom is 0.0906 e. The molecule has 2 unspecified atom stereocenters. The minimum atomic E-state index is 0.889. The van der Waals surface area contributed by atoms with Gasteiger partial charge in [0.05, 0.1) is 6.67 Å². The van der Waals surface area contributed by atoms with Crippen LogP contribution in [0.4, 0.5) is 0 Å². The summed E-state index contributed by atoms with van der Waals surface area (Å²) in [5.41, 5.74) is 0. The molecule has 2 atom stereocenters. The van der Waals surface area contributed by atoms with Gasteiger partial charge in [-0.1, -0.05) is 13.8 Å². The predicted molar refractivity (Wildman–Crippen MR) is 66.4 cm³/mol. The van der Waals surface area contributed by atoms with Crippen molar-refractivity contribution in [2.45, 2.75) is 20.3 Å². The minimum absolute atomic E-state index is 0.889. The lowest BCUT2D eigenvalue weighted by Gasteiger charge is -2.31. The lowest BCUT2D eigenvalue weighted by Crippen LogP contribution is -2.35. The van der Waals surface area contributed by atoms with Gasteiger partial charge < -0.3 is 4.90 Å². The Balaban J connectivity index is 0.000000162. The highest BCUT2D eigenvalue weighted by Crippen LogP contribution is 2.18. The third-order valence-corrected chi connectivity index (χ3v) is 2.90. The van der Waals surface area contributed by atoms with Gasteiger partial charge in [-0.3, -0.25) is 9.89 Å². The molecule has 0 radical (unpaired) electrons. The molecule has 2 rings (SSSR count). The van der Waals surface area contributed by atoms with Crippen LogP contribution in [0.3, 0.4) is 0 Å². The van der Waals surface area contributed by atoms with Gasteiger partial charge in [-0.25, -0.2) is 0 Å². The maximum atomic E-state index is 3.97. The molecule has 2 aliphatic heterocycles. The van der Waals surface area contributed by atoms with Crippen LogP contribution in [-0.4, -0.2) is 56.4 Å². The molecule has 0 amide bonds. The van der Waals surface area contributed by atoms with E-state index in [9.17, 15) is 0 Å². The predicted octanol–water partition coefficient (Wildman–Crippen LogP) is 1.55. The Hall–Kier alpha value is -0.410.